The molecular formula is C24H18ClN5OS. The first-order valence-electron chi connectivity index (χ1n) is 10.0. The number of halogens is 1. The van der Waals surface area contributed by atoms with Gasteiger partial charge in [-0.1, -0.05) is 71.9 Å². The van der Waals surface area contributed by atoms with Gasteiger partial charge in [-0.25, -0.2) is 0 Å². The molecular weight excluding hydrogens is 442 g/mol. The van der Waals surface area contributed by atoms with Crippen LogP contribution in [0.3, 0.4) is 0 Å². The van der Waals surface area contributed by atoms with Gasteiger partial charge in [-0.05, 0) is 42.0 Å². The minimum absolute atomic E-state index is 0.493. The molecule has 0 saturated heterocycles. The molecule has 3 aromatic carbocycles. The molecule has 0 aliphatic heterocycles. The van der Waals surface area contributed by atoms with Gasteiger partial charge in [0, 0.05) is 16.3 Å². The average molecular weight is 460 g/mol. The second-order valence-corrected chi connectivity index (χ2v) is 8.40. The van der Waals surface area contributed by atoms with Gasteiger partial charge < -0.3 is 4.42 Å². The second-order valence-electron chi connectivity index (χ2n) is 7.02. The number of aromatic nitrogens is 5. The first-order chi connectivity index (χ1) is 15.8. The van der Waals surface area contributed by atoms with E-state index in [9.17, 15) is 0 Å². The van der Waals surface area contributed by atoms with Crippen LogP contribution in [0.5, 0.6) is 0 Å². The van der Waals surface area contributed by atoms with E-state index in [0.717, 1.165) is 27.8 Å². The summed E-state index contributed by atoms with van der Waals surface area (Å²) < 4.78 is 7.87. The number of thioether (sulfide) groups is 1. The lowest BCUT2D eigenvalue weighted by Gasteiger charge is -2.10. The highest BCUT2D eigenvalue weighted by Crippen LogP contribution is 2.30. The third-order valence-electron chi connectivity index (χ3n) is 4.78. The molecule has 32 heavy (non-hydrogen) atoms. The summed E-state index contributed by atoms with van der Waals surface area (Å²) in [6, 6.07) is 27.6. The van der Waals surface area contributed by atoms with Crippen LogP contribution in [0.15, 0.2) is 94.5 Å². The van der Waals surface area contributed by atoms with Crippen LogP contribution in [-0.4, -0.2) is 25.0 Å². The molecule has 2 heterocycles. The zero-order valence-electron chi connectivity index (χ0n) is 16.9. The van der Waals surface area contributed by atoms with Gasteiger partial charge >= 0.3 is 0 Å². The third-order valence-corrected chi connectivity index (χ3v) is 5.95. The van der Waals surface area contributed by atoms with Crippen LogP contribution < -0.4 is 0 Å². The lowest BCUT2D eigenvalue weighted by molar-refractivity contribution is 0.474. The molecule has 5 rings (SSSR count). The van der Waals surface area contributed by atoms with Crippen LogP contribution in [0.4, 0.5) is 0 Å². The monoisotopic (exact) mass is 459 g/mol. The predicted octanol–water partition coefficient (Wildman–Crippen LogP) is 5.85. The van der Waals surface area contributed by atoms with E-state index in [1.165, 1.54) is 11.8 Å². The van der Waals surface area contributed by atoms with Crippen molar-refractivity contribution in [3.05, 3.63) is 107 Å². The molecule has 0 atom stereocenters. The average Bonchev–Trinajstić information content (AvgIpc) is 3.46. The van der Waals surface area contributed by atoms with Crippen molar-refractivity contribution in [2.24, 2.45) is 0 Å². The first-order valence-corrected chi connectivity index (χ1v) is 11.4. The maximum absolute atomic E-state index is 6.06. The molecule has 0 radical (unpaired) electrons. The molecule has 0 spiro atoms. The molecule has 0 bridgehead atoms. The van der Waals surface area contributed by atoms with Crippen molar-refractivity contribution < 1.29 is 4.42 Å². The molecule has 0 unspecified atom stereocenters. The summed E-state index contributed by atoms with van der Waals surface area (Å²) in [6.45, 7) is 0. The third kappa shape index (κ3) is 4.59. The Morgan fingerprint density at radius 3 is 2.19 bits per heavy atom. The van der Waals surface area contributed by atoms with Crippen molar-refractivity contribution in [3.8, 4) is 17.1 Å². The van der Waals surface area contributed by atoms with E-state index in [1.54, 1.807) is 0 Å². The fraction of sp³-hybridized carbons (Fsp3) is 0.0833. The van der Waals surface area contributed by atoms with E-state index in [0.29, 0.717) is 29.0 Å². The molecule has 2 aromatic heterocycles. The maximum atomic E-state index is 6.06. The number of para-hydroxylation sites is 1. The summed E-state index contributed by atoms with van der Waals surface area (Å²) in [7, 11) is 0. The zero-order chi connectivity index (χ0) is 21.8. The van der Waals surface area contributed by atoms with Gasteiger partial charge in [0.25, 0.3) is 0 Å². The van der Waals surface area contributed by atoms with Crippen molar-refractivity contribution in [2.75, 3.05) is 0 Å². The Labute approximate surface area is 194 Å². The summed E-state index contributed by atoms with van der Waals surface area (Å²) in [5.74, 6) is 2.38. The van der Waals surface area contributed by atoms with E-state index in [2.05, 4.69) is 20.4 Å². The largest absolute Gasteiger partial charge is 0.424 e. The molecule has 0 amide bonds. The smallest absolute Gasteiger partial charge is 0.226 e. The van der Waals surface area contributed by atoms with Gasteiger partial charge in [-0.2, -0.15) is 0 Å². The number of benzene rings is 3. The minimum atomic E-state index is 0.493. The Hall–Kier alpha value is -3.42. The van der Waals surface area contributed by atoms with Crippen LogP contribution in [0.1, 0.15) is 17.3 Å². The standard InChI is InChI=1S/C24H18ClN5OS/c25-19-13-11-18(12-14-19)23-28-29-24(30(23)20-9-5-2-6-10-20)32-16-22-27-26-21(31-22)15-17-7-3-1-4-8-17/h1-14H,15-16H2. The molecule has 5 aromatic rings. The molecule has 6 nitrogen and oxygen atoms in total. The van der Waals surface area contributed by atoms with Crippen LogP contribution >= 0.6 is 23.4 Å². The molecule has 0 fully saturated rings. The zero-order valence-corrected chi connectivity index (χ0v) is 18.5. The van der Waals surface area contributed by atoms with Gasteiger partial charge in [-0.3, -0.25) is 4.57 Å². The van der Waals surface area contributed by atoms with E-state index < -0.39 is 0 Å². The molecule has 0 N–H and O–H groups in total. The lowest BCUT2D eigenvalue weighted by atomic mass is 10.2. The Morgan fingerprint density at radius 1 is 0.750 bits per heavy atom. The van der Waals surface area contributed by atoms with Gasteiger partial charge in [0.05, 0.1) is 12.2 Å². The normalized spacial score (nSPS) is 11.0. The van der Waals surface area contributed by atoms with Gasteiger partial charge in [0.1, 0.15) is 0 Å². The number of rotatable bonds is 7. The van der Waals surface area contributed by atoms with E-state index in [4.69, 9.17) is 16.0 Å². The second kappa shape index (κ2) is 9.38. The molecule has 0 aliphatic carbocycles. The van der Waals surface area contributed by atoms with E-state index in [-0.39, 0.29) is 0 Å². The summed E-state index contributed by atoms with van der Waals surface area (Å²) in [4.78, 5) is 0. The molecule has 0 aliphatic rings. The SMILES string of the molecule is Clc1ccc(-c2nnc(SCc3nnc(Cc4ccccc4)o3)n2-c2ccccc2)cc1. The summed E-state index contributed by atoms with van der Waals surface area (Å²) in [6.07, 6.45) is 0.611. The Balaban J connectivity index is 1.39. The van der Waals surface area contributed by atoms with Crippen molar-refractivity contribution in [2.45, 2.75) is 17.3 Å². The van der Waals surface area contributed by atoms with Gasteiger partial charge in [-0.15, -0.1) is 20.4 Å². The highest BCUT2D eigenvalue weighted by molar-refractivity contribution is 7.98. The van der Waals surface area contributed by atoms with Crippen molar-refractivity contribution in [3.63, 3.8) is 0 Å². The van der Waals surface area contributed by atoms with Crippen LogP contribution in [0.2, 0.25) is 5.02 Å². The van der Waals surface area contributed by atoms with Gasteiger partial charge in [0.2, 0.25) is 11.8 Å². The highest BCUT2D eigenvalue weighted by Gasteiger charge is 2.17. The van der Waals surface area contributed by atoms with Crippen LogP contribution in [0.25, 0.3) is 17.1 Å². The minimum Gasteiger partial charge on any atom is -0.424 e. The fourth-order valence-corrected chi connectivity index (χ4v) is 4.19. The maximum Gasteiger partial charge on any atom is 0.226 e. The number of hydrogen-bond acceptors (Lipinski definition) is 6. The van der Waals surface area contributed by atoms with Crippen LogP contribution in [0, 0.1) is 0 Å². The quantitative estimate of drug-likeness (QED) is 0.284. The Kier molecular flexibility index (Phi) is 6.00. The number of hydrogen-bond donors (Lipinski definition) is 0. The number of nitrogens with zero attached hydrogens (tertiary/aromatic N) is 5. The summed E-state index contributed by atoms with van der Waals surface area (Å²) in [5, 5.41) is 18.7. The molecule has 0 saturated carbocycles. The van der Waals surface area contributed by atoms with Crippen molar-refractivity contribution in [1.29, 1.82) is 0 Å². The summed E-state index contributed by atoms with van der Waals surface area (Å²) >= 11 is 7.56. The fourth-order valence-electron chi connectivity index (χ4n) is 3.27. The van der Waals surface area contributed by atoms with Crippen molar-refractivity contribution >= 4 is 23.4 Å². The van der Waals surface area contributed by atoms with E-state index in [1.807, 2.05) is 89.5 Å². The Bertz CT molecular complexity index is 1300. The summed E-state index contributed by atoms with van der Waals surface area (Å²) in [5.41, 5.74) is 3.03. The van der Waals surface area contributed by atoms with Crippen molar-refractivity contribution in [1.82, 2.24) is 25.0 Å². The lowest BCUT2D eigenvalue weighted by Crippen LogP contribution is -1.99. The van der Waals surface area contributed by atoms with E-state index >= 15 is 0 Å². The Morgan fingerprint density at radius 2 is 1.44 bits per heavy atom. The molecule has 8 heteroatoms. The first kappa shape index (κ1) is 20.5. The topological polar surface area (TPSA) is 69.6 Å². The predicted molar refractivity (Wildman–Crippen MR) is 125 cm³/mol. The highest BCUT2D eigenvalue weighted by atomic mass is 35.5. The van der Waals surface area contributed by atoms with Crippen LogP contribution in [-0.2, 0) is 12.2 Å². The van der Waals surface area contributed by atoms with Gasteiger partial charge in [0.15, 0.2) is 11.0 Å². The molecule has 158 valence electrons.